The SMILES string of the molecule is CC.NC(=O)C1(O)CCc2ccccc21. The maximum atomic E-state index is 11.1. The molecule has 15 heavy (non-hydrogen) atoms. The summed E-state index contributed by atoms with van der Waals surface area (Å²) in [5.41, 5.74) is 5.41. The molecular formula is C12H17NO2. The number of aryl methyl sites for hydroxylation is 1. The predicted octanol–water partition coefficient (Wildman–Crippen LogP) is 1.33. The molecule has 3 heteroatoms. The third-order valence-corrected chi connectivity index (χ3v) is 2.63. The summed E-state index contributed by atoms with van der Waals surface area (Å²) in [4.78, 5) is 11.1. The number of hydrogen-bond donors (Lipinski definition) is 2. The number of rotatable bonds is 1. The van der Waals surface area contributed by atoms with Gasteiger partial charge in [-0.1, -0.05) is 38.1 Å². The van der Waals surface area contributed by atoms with Crippen molar-refractivity contribution in [3.05, 3.63) is 35.4 Å². The fourth-order valence-electron chi connectivity index (χ4n) is 1.85. The van der Waals surface area contributed by atoms with Crippen molar-refractivity contribution in [3.63, 3.8) is 0 Å². The standard InChI is InChI=1S/C10H11NO2.C2H6/c11-9(12)10(13)6-5-7-3-1-2-4-8(7)10;1-2/h1-4,13H,5-6H2,(H2,11,12);1-2H3. The van der Waals surface area contributed by atoms with Crippen LogP contribution >= 0.6 is 0 Å². The van der Waals surface area contributed by atoms with Gasteiger partial charge >= 0.3 is 0 Å². The lowest BCUT2D eigenvalue weighted by Gasteiger charge is -2.19. The Morgan fingerprint density at radius 3 is 2.60 bits per heavy atom. The van der Waals surface area contributed by atoms with Gasteiger partial charge in [-0.2, -0.15) is 0 Å². The van der Waals surface area contributed by atoms with Crippen LogP contribution in [-0.2, 0) is 16.8 Å². The van der Waals surface area contributed by atoms with E-state index in [2.05, 4.69) is 0 Å². The molecule has 0 radical (unpaired) electrons. The van der Waals surface area contributed by atoms with Gasteiger partial charge < -0.3 is 10.8 Å². The summed E-state index contributed by atoms with van der Waals surface area (Å²) < 4.78 is 0. The lowest BCUT2D eigenvalue weighted by atomic mass is 9.95. The van der Waals surface area contributed by atoms with Crippen LogP contribution in [0.4, 0.5) is 0 Å². The molecule has 1 unspecified atom stereocenters. The Morgan fingerprint density at radius 1 is 1.40 bits per heavy atom. The number of aliphatic hydroxyl groups is 1. The zero-order valence-electron chi connectivity index (χ0n) is 9.16. The van der Waals surface area contributed by atoms with Crippen molar-refractivity contribution in [2.45, 2.75) is 32.3 Å². The maximum absolute atomic E-state index is 11.1. The number of fused-ring (bicyclic) bond motifs is 1. The fourth-order valence-corrected chi connectivity index (χ4v) is 1.85. The minimum atomic E-state index is -1.43. The molecule has 0 aliphatic heterocycles. The first-order chi connectivity index (χ1) is 7.14. The second-order valence-electron chi connectivity index (χ2n) is 3.38. The van der Waals surface area contributed by atoms with Crippen LogP contribution in [0.25, 0.3) is 0 Å². The Balaban J connectivity index is 0.000000531. The number of hydrogen-bond acceptors (Lipinski definition) is 2. The van der Waals surface area contributed by atoms with Crippen LogP contribution in [0.2, 0.25) is 0 Å². The predicted molar refractivity (Wildman–Crippen MR) is 59.2 cm³/mol. The van der Waals surface area contributed by atoms with E-state index in [1.807, 2.05) is 26.0 Å². The summed E-state index contributed by atoms with van der Waals surface area (Å²) in [7, 11) is 0. The number of primary amides is 1. The van der Waals surface area contributed by atoms with Crippen molar-refractivity contribution in [2.75, 3.05) is 0 Å². The molecule has 1 aliphatic carbocycles. The van der Waals surface area contributed by atoms with Crippen LogP contribution in [0.5, 0.6) is 0 Å². The molecule has 1 aliphatic rings. The van der Waals surface area contributed by atoms with Gasteiger partial charge in [0.1, 0.15) is 0 Å². The minimum absolute atomic E-state index is 0.404. The molecule has 2 rings (SSSR count). The summed E-state index contributed by atoms with van der Waals surface area (Å²) in [6.45, 7) is 4.00. The zero-order valence-corrected chi connectivity index (χ0v) is 9.16. The summed E-state index contributed by atoms with van der Waals surface area (Å²) in [5.74, 6) is -0.655. The normalized spacial score (nSPS) is 22.6. The van der Waals surface area contributed by atoms with Crippen molar-refractivity contribution >= 4 is 5.91 Å². The highest BCUT2D eigenvalue weighted by Crippen LogP contribution is 2.36. The topological polar surface area (TPSA) is 63.3 Å². The molecule has 0 bridgehead atoms. The van der Waals surface area contributed by atoms with Gasteiger partial charge in [-0.3, -0.25) is 4.79 Å². The first-order valence-electron chi connectivity index (χ1n) is 5.25. The van der Waals surface area contributed by atoms with E-state index in [1.165, 1.54) is 0 Å². The van der Waals surface area contributed by atoms with Gasteiger partial charge in [-0.05, 0) is 24.0 Å². The molecule has 1 aromatic carbocycles. The molecule has 3 nitrogen and oxygen atoms in total. The number of nitrogens with two attached hydrogens (primary N) is 1. The van der Waals surface area contributed by atoms with Crippen LogP contribution in [0.3, 0.4) is 0 Å². The Labute approximate surface area is 89.9 Å². The average molecular weight is 207 g/mol. The van der Waals surface area contributed by atoms with Crippen LogP contribution in [0.1, 0.15) is 31.4 Å². The molecule has 82 valence electrons. The Kier molecular flexibility index (Phi) is 3.48. The van der Waals surface area contributed by atoms with Crippen molar-refractivity contribution in [1.82, 2.24) is 0 Å². The first kappa shape index (κ1) is 11.7. The van der Waals surface area contributed by atoms with Crippen LogP contribution in [0, 0.1) is 0 Å². The van der Waals surface area contributed by atoms with E-state index in [-0.39, 0.29) is 0 Å². The second kappa shape index (κ2) is 4.45. The van der Waals surface area contributed by atoms with E-state index in [0.717, 1.165) is 12.0 Å². The van der Waals surface area contributed by atoms with Crippen LogP contribution < -0.4 is 5.73 Å². The smallest absolute Gasteiger partial charge is 0.254 e. The van der Waals surface area contributed by atoms with E-state index < -0.39 is 11.5 Å². The molecule has 1 atom stereocenters. The number of carbonyl (C=O) groups is 1. The Morgan fingerprint density at radius 2 is 2.00 bits per heavy atom. The molecule has 0 aromatic heterocycles. The fraction of sp³-hybridized carbons (Fsp3) is 0.417. The van der Waals surface area contributed by atoms with Gasteiger partial charge in [0.25, 0.3) is 5.91 Å². The molecule has 3 N–H and O–H groups in total. The van der Waals surface area contributed by atoms with Gasteiger partial charge in [0, 0.05) is 0 Å². The highest BCUT2D eigenvalue weighted by atomic mass is 16.3. The summed E-state index contributed by atoms with van der Waals surface area (Å²) in [6, 6.07) is 7.37. The third kappa shape index (κ3) is 1.88. The Bertz CT molecular complexity index is 362. The molecule has 1 amide bonds. The Hall–Kier alpha value is -1.35. The van der Waals surface area contributed by atoms with E-state index in [9.17, 15) is 9.90 Å². The molecule has 0 fully saturated rings. The van der Waals surface area contributed by atoms with Crippen molar-refractivity contribution in [3.8, 4) is 0 Å². The summed E-state index contributed by atoms with van der Waals surface area (Å²) in [6.07, 6.45) is 1.12. The largest absolute Gasteiger partial charge is 0.375 e. The van der Waals surface area contributed by atoms with Gasteiger partial charge in [0.2, 0.25) is 0 Å². The maximum Gasteiger partial charge on any atom is 0.254 e. The second-order valence-corrected chi connectivity index (χ2v) is 3.38. The van der Waals surface area contributed by atoms with Crippen LogP contribution in [0.15, 0.2) is 24.3 Å². The van der Waals surface area contributed by atoms with Crippen molar-refractivity contribution in [1.29, 1.82) is 0 Å². The third-order valence-electron chi connectivity index (χ3n) is 2.63. The quantitative estimate of drug-likeness (QED) is 0.729. The monoisotopic (exact) mass is 207 g/mol. The molecule has 0 spiro atoms. The lowest BCUT2D eigenvalue weighted by Crippen LogP contribution is -2.39. The molecule has 1 aromatic rings. The first-order valence-corrected chi connectivity index (χ1v) is 5.25. The summed E-state index contributed by atoms with van der Waals surface area (Å²) in [5, 5.41) is 9.95. The number of benzene rings is 1. The minimum Gasteiger partial charge on any atom is -0.375 e. The molecular weight excluding hydrogens is 190 g/mol. The van der Waals surface area contributed by atoms with Gasteiger partial charge in [-0.15, -0.1) is 0 Å². The number of amides is 1. The van der Waals surface area contributed by atoms with Gasteiger partial charge in [0.05, 0.1) is 0 Å². The van der Waals surface area contributed by atoms with Gasteiger partial charge in [0.15, 0.2) is 5.60 Å². The van der Waals surface area contributed by atoms with Crippen molar-refractivity contribution in [2.24, 2.45) is 5.73 Å². The molecule has 0 saturated carbocycles. The molecule has 0 heterocycles. The van der Waals surface area contributed by atoms with Crippen LogP contribution in [-0.4, -0.2) is 11.0 Å². The van der Waals surface area contributed by atoms with E-state index >= 15 is 0 Å². The van der Waals surface area contributed by atoms with E-state index in [1.54, 1.807) is 12.1 Å². The molecule has 0 saturated heterocycles. The average Bonchev–Trinajstić information content (AvgIpc) is 2.62. The highest BCUT2D eigenvalue weighted by Gasteiger charge is 2.41. The number of carbonyl (C=O) groups excluding carboxylic acids is 1. The van der Waals surface area contributed by atoms with E-state index in [0.29, 0.717) is 12.0 Å². The van der Waals surface area contributed by atoms with Crippen molar-refractivity contribution < 1.29 is 9.90 Å². The van der Waals surface area contributed by atoms with Gasteiger partial charge in [-0.25, -0.2) is 0 Å². The summed E-state index contributed by atoms with van der Waals surface area (Å²) >= 11 is 0. The lowest BCUT2D eigenvalue weighted by molar-refractivity contribution is -0.137. The zero-order chi connectivity index (χ0) is 11.5. The highest BCUT2D eigenvalue weighted by molar-refractivity contribution is 5.86. The van der Waals surface area contributed by atoms with E-state index in [4.69, 9.17) is 5.73 Å².